The summed E-state index contributed by atoms with van der Waals surface area (Å²) in [6.45, 7) is 3.57. The molecule has 158 valence electrons. The molecule has 1 heterocycles. The summed E-state index contributed by atoms with van der Waals surface area (Å²) in [6, 6.07) is 8.78. The molecule has 0 N–H and O–H groups in total. The van der Waals surface area contributed by atoms with Gasteiger partial charge in [-0.15, -0.1) is 0 Å². The fourth-order valence-corrected chi connectivity index (χ4v) is 3.66. The zero-order valence-electron chi connectivity index (χ0n) is 16.1. The Balaban J connectivity index is 1.61. The lowest BCUT2D eigenvalue weighted by molar-refractivity contribution is -0.203. The molecule has 29 heavy (non-hydrogen) atoms. The molecular formula is C22H23ClF4O2. The molecule has 1 aliphatic heterocycles. The predicted molar refractivity (Wildman–Crippen MR) is 104 cm³/mol. The Morgan fingerprint density at radius 1 is 0.966 bits per heavy atom. The van der Waals surface area contributed by atoms with E-state index in [0.29, 0.717) is 31.1 Å². The first-order valence-corrected chi connectivity index (χ1v) is 10.0. The highest BCUT2D eigenvalue weighted by Gasteiger charge is 2.35. The third-order valence-corrected chi connectivity index (χ3v) is 5.20. The maximum absolute atomic E-state index is 13.9. The largest absolute Gasteiger partial charge is 0.353 e. The van der Waals surface area contributed by atoms with E-state index in [0.717, 1.165) is 37.0 Å². The second-order valence-electron chi connectivity index (χ2n) is 7.30. The number of hydrogen-bond acceptors (Lipinski definition) is 2. The van der Waals surface area contributed by atoms with Crippen LogP contribution < -0.4 is 0 Å². The number of aryl methyl sites for hydroxylation is 1. The van der Waals surface area contributed by atoms with Crippen molar-refractivity contribution in [2.45, 2.75) is 44.3 Å². The molecule has 2 nitrogen and oxygen atoms in total. The summed E-state index contributed by atoms with van der Waals surface area (Å²) in [5.74, 6) is -2.30. The zero-order valence-corrected chi connectivity index (χ0v) is 16.8. The van der Waals surface area contributed by atoms with Gasteiger partial charge in [0.1, 0.15) is 17.2 Å². The molecule has 0 aliphatic carbocycles. The first-order valence-electron chi connectivity index (χ1n) is 9.66. The van der Waals surface area contributed by atoms with E-state index in [4.69, 9.17) is 21.1 Å². The fourth-order valence-electron chi connectivity index (χ4n) is 3.48. The van der Waals surface area contributed by atoms with Gasteiger partial charge in [0.15, 0.2) is 6.29 Å². The van der Waals surface area contributed by atoms with E-state index < -0.39 is 22.6 Å². The summed E-state index contributed by atoms with van der Waals surface area (Å²) in [5.41, 5.74) is 0.260. The molecule has 2 aromatic carbocycles. The molecule has 7 heteroatoms. The second-order valence-corrected chi connectivity index (χ2v) is 7.77. The molecule has 0 amide bonds. The maximum Gasteiger partial charge on any atom is 0.353 e. The van der Waals surface area contributed by atoms with Crippen LogP contribution in [0.25, 0.3) is 11.1 Å². The number of halogens is 5. The van der Waals surface area contributed by atoms with E-state index in [1.807, 2.05) is 12.1 Å². The first kappa shape index (κ1) is 22.1. The lowest BCUT2D eigenvalue weighted by Gasteiger charge is -2.29. The topological polar surface area (TPSA) is 18.5 Å². The van der Waals surface area contributed by atoms with Gasteiger partial charge in [-0.25, -0.2) is 8.78 Å². The summed E-state index contributed by atoms with van der Waals surface area (Å²) in [4.78, 5) is 0. The van der Waals surface area contributed by atoms with Gasteiger partial charge in [-0.2, -0.15) is 8.78 Å². The van der Waals surface area contributed by atoms with Gasteiger partial charge < -0.3 is 9.47 Å². The molecule has 0 spiro atoms. The van der Waals surface area contributed by atoms with Crippen molar-refractivity contribution in [2.75, 3.05) is 13.2 Å². The van der Waals surface area contributed by atoms with Crippen molar-refractivity contribution < 1.29 is 27.0 Å². The van der Waals surface area contributed by atoms with Crippen LogP contribution in [0.15, 0.2) is 36.4 Å². The molecule has 3 rings (SSSR count). The van der Waals surface area contributed by atoms with Crippen molar-refractivity contribution in [3.63, 3.8) is 0 Å². The third-order valence-electron chi connectivity index (χ3n) is 5.01. The van der Waals surface area contributed by atoms with Crippen LogP contribution in [0.3, 0.4) is 0 Å². The quantitative estimate of drug-likeness (QED) is 0.362. The molecule has 0 bridgehead atoms. The van der Waals surface area contributed by atoms with Crippen molar-refractivity contribution >= 4 is 11.6 Å². The van der Waals surface area contributed by atoms with Gasteiger partial charge in [0.05, 0.1) is 13.2 Å². The predicted octanol–water partition coefficient (Wildman–Crippen LogP) is 6.64. The number of rotatable bonds is 7. The minimum absolute atomic E-state index is 0.164. The number of ether oxygens (including phenoxy) is 2. The molecule has 1 aliphatic rings. The second kappa shape index (κ2) is 9.45. The smallest absolute Gasteiger partial charge is 0.352 e. The van der Waals surface area contributed by atoms with Crippen molar-refractivity contribution in [1.82, 2.24) is 0 Å². The minimum atomic E-state index is -4.10. The molecule has 0 saturated carbocycles. The lowest BCUT2D eigenvalue weighted by atomic mass is 10.00. The monoisotopic (exact) mass is 430 g/mol. The Morgan fingerprint density at radius 2 is 1.55 bits per heavy atom. The van der Waals surface area contributed by atoms with Crippen molar-refractivity contribution in [1.29, 1.82) is 0 Å². The summed E-state index contributed by atoms with van der Waals surface area (Å²) in [5, 5.41) is -4.10. The Bertz CT molecular complexity index is 790. The lowest BCUT2D eigenvalue weighted by Crippen LogP contribution is -2.32. The SMILES string of the molecule is CCCC1COC(CCc2ccc(-c3cc(F)c(C(F)(F)Cl)c(F)c3)cc2)OC1. The van der Waals surface area contributed by atoms with Crippen molar-refractivity contribution in [3.05, 3.63) is 59.2 Å². The van der Waals surface area contributed by atoms with Crippen LogP contribution in [-0.4, -0.2) is 19.5 Å². The normalized spacial score (nSPS) is 20.1. The van der Waals surface area contributed by atoms with Crippen LogP contribution in [0.4, 0.5) is 17.6 Å². The van der Waals surface area contributed by atoms with E-state index >= 15 is 0 Å². The third kappa shape index (κ3) is 5.71. The van der Waals surface area contributed by atoms with Gasteiger partial charge in [-0.1, -0.05) is 37.6 Å². The number of hydrogen-bond donors (Lipinski definition) is 0. The van der Waals surface area contributed by atoms with Crippen molar-refractivity contribution in [2.24, 2.45) is 5.92 Å². The van der Waals surface area contributed by atoms with Gasteiger partial charge in [0.25, 0.3) is 0 Å². The molecule has 0 atom stereocenters. The average Bonchev–Trinajstić information content (AvgIpc) is 2.66. The molecule has 0 radical (unpaired) electrons. The maximum atomic E-state index is 13.9. The van der Waals surface area contributed by atoms with Crippen LogP contribution in [0, 0.1) is 17.6 Å². The summed E-state index contributed by atoms with van der Waals surface area (Å²) in [7, 11) is 0. The average molecular weight is 431 g/mol. The van der Waals surface area contributed by atoms with Crippen molar-refractivity contribution in [3.8, 4) is 11.1 Å². The summed E-state index contributed by atoms with van der Waals surface area (Å²) >= 11 is 4.78. The highest BCUT2D eigenvalue weighted by atomic mass is 35.5. The van der Waals surface area contributed by atoms with Gasteiger partial charge in [-0.3, -0.25) is 0 Å². The Kier molecular flexibility index (Phi) is 7.19. The van der Waals surface area contributed by atoms with Crippen LogP contribution in [0.5, 0.6) is 0 Å². The zero-order chi connectivity index (χ0) is 21.0. The molecule has 1 saturated heterocycles. The Labute approximate surface area is 172 Å². The fraction of sp³-hybridized carbons (Fsp3) is 0.455. The van der Waals surface area contributed by atoms with Crippen LogP contribution in [0.1, 0.15) is 37.3 Å². The van der Waals surface area contributed by atoms with E-state index in [-0.39, 0.29) is 11.9 Å². The molecular weight excluding hydrogens is 408 g/mol. The standard InChI is InChI=1S/C22H23ClF4O2/c1-2-3-15-12-28-20(29-13-15)9-6-14-4-7-16(8-5-14)17-10-18(24)21(19(25)11-17)22(23,26)27/h4-5,7-8,10-11,15,20H,2-3,6,9,12-13H2,1H3. The number of benzene rings is 2. The van der Waals surface area contributed by atoms with E-state index in [1.54, 1.807) is 12.1 Å². The van der Waals surface area contributed by atoms with Crippen LogP contribution in [0.2, 0.25) is 0 Å². The van der Waals surface area contributed by atoms with E-state index in [2.05, 4.69) is 6.92 Å². The Morgan fingerprint density at radius 3 is 2.07 bits per heavy atom. The van der Waals surface area contributed by atoms with E-state index in [9.17, 15) is 17.6 Å². The summed E-state index contributed by atoms with van der Waals surface area (Å²) < 4.78 is 65.6. The Hall–Kier alpha value is -1.63. The highest BCUT2D eigenvalue weighted by Crippen LogP contribution is 2.37. The van der Waals surface area contributed by atoms with Crippen LogP contribution in [-0.2, 0) is 21.3 Å². The van der Waals surface area contributed by atoms with Gasteiger partial charge in [0.2, 0.25) is 0 Å². The first-order chi connectivity index (χ1) is 13.8. The molecule has 0 aromatic heterocycles. The highest BCUT2D eigenvalue weighted by molar-refractivity contribution is 6.21. The van der Waals surface area contributed by atoms with E-state index in [1.165, 1.54) is 0 Å². The molecule has 1 fully saturated rings. The minimum Gasteiger partial charge on any atom is -0.352 e. The van der Waals surface area contributed by atoms with Gasteiger partial charge in [0, 0.05) is 12.3 Å². The van der Waals surface area contributed by atoms with Gasteiger partial charge in [-0.05, 0) is 53.3 Å². The van der Waals surface area contributed by atoms with Crippen LogP contribution >= 0.6 is 11.6 Å². The molecule has 2 aromatic rings. The summed E-state index contributed by atoms with van der Waals surface area (Å²) in [6.07, 6.45) is 3.42. The number of alkyl halides is 3. The van der Waals surface area contributed by atoms with Gasteiger partial charge >= 0.3 is 5.38 Å². The molecule has 0 unspecified atom stereocenters.